The minimum atomic E-state index is -1.73. The quantitative estimate of drug-likeness (QED) is 0.0425. The van der Waals surface area contributed by atoms with Crippen LogP contribution in [-0.2, 0) is 44.9 Å². The first kappa shape index (κ1) is 68.5. The van der Waals surface area contributed by atoms with Gasteiger partial charge in [0.05, 0.1) is 24.7 Å². The third-order valence-corrected chi connectivity index (χ3v) is 21.6. The van der Waals surface area contributed by atoms with Crippen LogP contribution in [-0.4, -0.2) is 59.2 Å². The van der Waals surface area contributed by atoms with Crippen LogP contribution >= 0.6 is 0 Å². The molecule has 2 aliphatic carbocycles. The molecule has 0 N–H and O–H groups in total. The van der Waals surface area contributed by atoms with E-state index in [4.69, 9.17) is 22.9 Å². The van der Waals surface area contributed by atoms with Gasteiger partial charge in [-0.2, -0.15) is 0 Å². The van der Waals surface area contributed by atoms with Gasteiger partial charge >= 0.3 is 13.1 Å². The number of ether oxygens (including phenoxy) is 1. The Kier molecular flexibility index (Phi) is 22.5. The fourth-order valence-corrected chi connectivity index (χ4v) is 16.7. The van der Waals surface area contributed by atoms with Crippen molar-refractivity contribution in [3.63, 3.8) is 0 Å². The predicted octanol–water partition coefficient (Wildman–Crippen LogP) is 19.1. The van der Waals surface area contributed by atoms with Gasteiger partial charge in [0.25, 0.3) is 0 Å². The number of carbonyl (C=O) groups is 1. The Morgan fingerprint density at radius 3 is 1.23 bits per heavy atom. The molecule has 0 amide bonds. The highest BCUT2D eigenvalue weighted by atomic mass is 28.4. The van der Waals surface area contributed by atoms with Crippen LogP contribution in [0.25, 0.3) is 11.1 Å². The average Bonchev–Trinajstić information content (AvgIpc) is 1.32. The number of hydrogen-bond donors (Lipinski definition) is 0. The Morgan fingerprint density at radius 2 is 0.884 bits per heavy atom. The third-order valence-electron chi connectivity index (χ3n) is 19.6. The van der Waals surface area contributed by atoms with Crippen molar-refractivity contribution in [2.75, 3.05) is 7.11 Å². The molecule has 9 heteroatoms. The maximum absolute atomic E-state index is 11.7. The largest absolute Gasteiger partial charge is 0.495 e. The molecule has 3 fully saturated rings. The standard InChI is InChI=1S/C40H52O3Si.C37H55BO3Si/c1-9-40(10-2,36-21-22-37(31(4)28-36)34-17-15-32(16-18-34)29-38(41)42-5)35-20-19-33(30(3)27-35)23-26-39(43-44(6,7)8)24-13-11-12-14-25-39;1-12-37(13-2,32-20-21-33(29(4)27-32)38-39-34(5,6)35(7,8)40-38)31-19-18-30(28(3)26-31)22-25-36(41-42(9,10)11)23-16-14-15-17-24-36/h15-22,27-28H,9-14,24-25,29H2,1-8H3;18-21,26-27H,12-17,23-24H2,1-11H3. The zero-order valence-electron chi connectivity index (χ0n) is 56.8. The van der Waals surface area contributed by atoms with Gasteiger partial charge in [-0.3, -0.25) is 4.79 Å². The maximum atomic E-state index is 11.7. The number of aryl methyl sites for hydroxylation is 4. The van der Waals surface area contributed by atoms with Crippen molar-refractivity contribution in [1.29, 1.82) is 0 Å². The number of esters is 1. The molecular weight excluding hydrogens is 1090 g/mol. The van der Waals surface area contributed by atoms with E-state index in [-0.39, 0.29) is 46.3 Å². The SMILES string of the molecule is CCC(CC)(c1ccc(C#CC2(O[Si](C)(C)C)CCCCCC2)c(C)c1)c1ccc(-c2ccc(CC(=O)OC)cc2)c(C)c1.CCC(CC)(c1ccc(C#CC2(O[Si](C)(C)C)CCCCCC2)c(C)c1)c1ccc(B2OC(C)(C)C(C)(C)O2)c(C)c1. The molecule has 3 aliphatic rings. The monoisotopic (exact) mass is 1190 g/mol. The first-order valence-corrected chi connectivity index (χ1v) is 39.8. The molecule has 1 saturated heterocycles. The van der Waals surface area contributed by atoms with E-state index in [0.717, 1.165) is 79.1 Å². The minimum Gasteiger partial charge on any atom is -0.469 e. The summed E-state index contributed by atoms with van der Waals surface area (Å²) in [4.78, 5) is 11.7. The predicted molar refractivity (Wildman–Crippen MR) is 368 cm³/mol. The number of rotatable bonds is 16. The fraction of sp³-hybridized carbons (Fsp3) is 0.545. The first-order valence-electron chi connectivity index (χ1n) is 32.9. The molecule has 8 rings (SSSR count). The molecule has 0 bridgehead atoms. The second kappa shape index (κ2) is 28.2. The lowest BCUT2D eigenvalue weighted by atomic mass is 9.68. The zero-order chi connectivity index (χ0) is 62.9. The summed E-state index contributed by atoms with van der Waals surface area (Å²) in [5.41, 5.74) is 15.6. The summed E-state index contributed by atoms with van der Waals surface area (Å²) in [7, 11) is -2.37. The summed E-state index contributed by atoms with van der Waals surface area (Å²) in [6, 6.07) is 36.0. The van der Waals surface area contributed by atoms with Gasteiger partial charge in [-0.1, -0.05) is 168 Å². The minimum absolute atomic E-state index is 0.0700. The van der Waals surface area contributed by atoms with Gasteiger partial charge in [0.2, 0.25) is 0 Å². The Hall–Kier alpha value is -4.97. The van der Waals surface area contributed by atoms with Crippen LogP contribution in [0.3, 0.4) is 0 Å². The third kappa shape index (κ3) is 16.3. The fourth-order valence-electron chi connectivity index (χ4n) is 13.8. The number of benzene rings is 5. The number of carbonyl (C=O) groups excluding carboxylic acids is 1. The lowest BCUT2D eigenvalue weighted by Crippen LogP contribution is -2.41. The van der Waals surface area contributed by atoms with E-state index in [1.54, 1.807) is 0 Å². The molecule has 0 radical (unpaired) electrons. The average molecular weight is 1200 g/mol. The molecule has 1 heterocycles. The van der Waals surface area contributed by atoms with E-state index in [0.29, 0.717) is 6.42 Å². The first-order chi connectivity index (χ1) is 40.5. The van der Waals surface area contributed by atoms with Crippen LogP contribution in [0.4, 0.5) is 0 Å². The van der Waals surface area contributed by atoms with Crippen molar-refractivity contribution in [1.82, 2.24) is 0 Å². The Labute approximate surface area is 524 Å². The molecule has 1 aliphatic heterocycles. The molecule has 0 aromatic heterocycles. The zero-order valence-corrected chi connectivity index (χ0v) is 58.8. The van der Waals surface area contributed by atoms with Crippen molar-refractivity contribution in [2.45, 2.75) is 265 Å². The van der Waals surface area contributed by atoms with E-state index in [9.17, 15) is 4.79 Å². The molecule has 5 aromatic carbocycles. The maximum Gasteiger partial charge on any atom is 0.495 e. The van der Waals surface area contributed by atoms with Crippen LogP contribution in [0.15, 0.2) is 97.1 Å². The Morgan fingerprint density at radius 1 is 0.512 bits per heavy atom. The van der Waals surface area contributed by atoms with Crippen molar-refractivity contribution < 1.29 is 27.7 Å². The summed E-state index contributed by atoms with van der Waals surface area (Å²) < 4.78 is 31.2. The van der Waals surface area contributed by atoms with Crippen LogP contribution < -0.4 is 5.46 Å². The van der Waals surface area contributed by atoms with Gasteiger partial charge in [-0.25, -0.2) is 0 Å². The van der Waals surface area contributed by atoms with Gasteiger partial charge in [0, 0.05) is 22.0 Å². The van der Waals surface area contributed by atoms with Crippen molar-refractivity contribution in [2.24, 2.45) is 0 Å². The highest BCUT2D eigenvalue weighted by Gasteiger charge is 2.52. The highest BCUT2D eigenvalue weighted by Crippen LogP contribution is 2.44. The van der Waals surface area contributed by atoms with Gasteiger partial charge < -0.3 is 22.9 Å². The summed E-state index contributed by atoms with van der Waals surface area (Å²) in [5.74, 6) is 14.4. The van der Waals surface area contributed by atoms with Crippen LogP contribution in [0.1, 0.15) is 219 Å². The molecule has 86 heavy (non-hydrogen) atoms. The molecule has 6 nitrogen and oxygen atoms in total. The topological polar surface area (TPSA) is 63.2 Å². The van der Waals surface area contributed by atoms with Gasteiger partial charge in [0.15, 0.2) is 16.6 Å². The van der Waals surface area contributed by atoms with E-state index >= 15 is 0 Å². The molecule has 0 atom stereocenters. The van der Waals surface area contributed by atoms with E-state index in [1.165, 1.54) is 109 Å². The van der Waals surface area contributed by atoms with Crippen LogP contribution in [0.2, 0.25) is 39.3 Å². The van der Waals surface area contributed by atoms with Crippen molar-refractivity contribution >= 4 is 35.2 Å². The molecular formula is C77H107BO6Si2. The van der Waals surface area contributed by atoms with Gasteiger partial charge in [0.1, 0.15) is 11.2 Å². The molecule has 5 aromatic rings. The Bertz CT molecular complexity index is 3220. The highest BCUT2D eigenvalue weighted by molar-refractivity contribution is 6.70. The summed E-state index contributed by atoms with van der Waals surface area (Å²) in [6.45, 7) is 40.2. The molecule has 0 unspecified atom stereocenters. The second-order valence-corrected chi connectivity index (χ2v) is 37.4. The van der Waals surface area contributed by atoms with E-state index in [1.807, 2.05) is 12.1 Å². The second-order valence-electron chi connectivity index (χ2n) is 28.5. The van der Waals surface area contributed by atoms with Gasteiger partial charge in [-0.15, -0.1) is 0 Å². The van der Waals surface area contributed by atoms with E-state index in [2.05, 4.69) is 231 Å². The van der Waals surface area contributed by atoms with Crippen LogP contribution in [0, 0.1) is 51.4 Å². The normalized spacial score (nSPS) is 17.6. The lowest BCUT2D eigenvalue weighted by Gasteiger charge is -2.35. The molecule has 0 spiro atoms. The summed E-state index contributed by atoms with van der Waals surface area (Å²) in [5, 5.41) is 0. The molecule has 462 valence electrons. The van der Waals surface area contributed by atoms with Crippen molar-refractivity contribution in [3.05, 3.63) is 158 Å². The lowest BCUT2D eigenvalue weighted by molar-refractivity contribution is -0.139. The van der Waals surface area contributed by atoms with Crippen molar-refractivity contribution in [3.8, 4) is 34.8 Å². The summed E-state index contributed by atoms with van der Waals surface area (Å²) in [6.07, 6.45) is 18.5. The van der Waals surface area contributed by atoms with E-state index < -0.39 is 16.6 Å². The Balaban J connectivity index is 0.000000246. The van der Waals surface area contributed by atoms with Crippen LogP contribution in [0.5, 0.6) is 0 Å². The number of hydrogen-bond acceptors (Lipinski definition) is 6. The number of methoxy groups -OCH3 is 1. The molecule has 2 saturated carbocycles. The summed E-state index contributed by atoms with van der Waals surface area (Å²) >= 11 is 0. The smallest absolute Gasteiger partial charge is 0.469 e. The van der Waals surface area contributed by atoms with Gasteiger partial charge in [-0.05, 0) is 245 Å².